The van der Waals surface area contributed by atoms with Gasteiger partial charge in [-0.15, -0.1) is 0 Å². The van der Waals surface area contributed by atoms with Gasteiger partial charge in [-0.1, -0.05) is 111 Å². The summed E-state index contributed by atoms with van der Waals surface area (Å²) in [6.45, 7) is 4.65. The quantitative estimate of drug-likeness (QED) is 0.223. The van der Waals surface area contributed by atoms with Crippen molar-refractivity contribution in [2.75, 3.05) is 4.90 Å². The molecule has 2 heterocycles. The maximum atomic E-state index is 6.64. The number of anilines is 3. The second kappa shape index (κ2) is 8.37. The maximum Gasteiger partial charge on any atom is 0.159 e. The Balaban J connectivity index is 1.43. The summed E-state index contributed by atoms with van der Waals surface area (Å²) in [5, 5.41) is 4.42. The van der Waals surface area contributed by atoms with E-state index in [1.807, 2.05) is 24.3 Å². The van der Waals surface area contributed by atoms with E-state index in [2.05, 4.69) is 122 Å². The molecule has 0 unspecified atom stereocenters. The van der Waals surface area contributed by atoms with Crippen LogP contribution in [0, 0.1) is 0 Å². The summed E-state index contributed by atoms with van der Waals surface area (Å²) >= 11 is 0. The second-order valence-electron chi connectivity index (χ2n) is 11.7. The Labute approximate surface area is 243 Å². The highest BCUT2D eigenvalue weighted by atomic mass is 16.3. The lowest BCUT2D eigenvalue weighted by Gasteiger charge is -2.28. The van der Waals surface area contributed by atoms with Crippen molar-refractivity contribution in [3.8, 4) is 11.1 Å². The monoisotopic (exact) mass is 541 g/mol. The van der Waals surface area contributed by atoms with Crippen molar-refractivity contribution >= 4 is 60.9 Å². The van der Waals surface area contributed by atoms with Crippen molar-refractivity contribution in [2.45, 2.75) is 19.3 Å². The van der Waals surface area contributed by atoms with Crippen LogP contribution in [0.4, 0.5) is 17.1 Å². The Morgan fingerprint density at radius 2 is 0.929 bits per heavy atom. The van der Waals surface area contributed by atoms with E-state index in [0.29, 0.717) is 0 Å². The van der Waals surface area contributed by atoms with Gasteiger partial charge >= 0.3 is 0 Å². The molecule has 3 heteroatoms. The lowest BCUT2D eigenvalue weighted by molar-refractivity contribution is 0.660. The summed E-state index contributed by atoms with van der Waals surface area (Å²) in [6.07, 6.45) is 0. The van der Waals surface area contributed by atoms with Crippen molar-refractivity contribution in [3.63, 3.8) is 0 Å². The fraction of sp³-hybridized carbons (Fsp3) is 0.0769. The molecule has 9 rings (SSSR count). The topological polar surface area (TPSA) is 29.5 Å². The minimum Gasteiger partial charge on any atom is -0.454 e. The molecule has 0 N–H and O–H groups in total. The van der Waals surface area contributed by atoms with Crippen molar-refractivity contribution in [1.82, 2.24) is 0 Å². The summed E-state index contributed by atoms with van der Waals surface area (Å²) < 4.78 is 13.3. The number of nitrogens with zero attached hydrogens (tertiary/aromatic N) is 1. The lowest BCUT2D eigenvalue weighted by atomic mass is 9.82. The van der Waals surface area contributed by atoms with Gasteiger partial charge in [-0.3, -0.25) is 0 Å². The molecule has 0 spiro atoms. The standard InChI is InChI=1S/C39H27NO2/c1-39(2)29-17-6-3-14-28(29)36-30(39)18-11-19-31(36)40(32-20-9-15-26-24-12-4-7-22-34(24)41-37(26)32)33-21-10-16-27-25-13-5-8-23-35(25)42-38(27)33/h3-23H,1-2H3. The third-order valence-electron chi connectivity index (χ3n) is 9.08. The Morgan fingerprint density at radius 1 is 0.452 bits per heavy atom. The summed E-state index contributed by atoms with van der Waals surface area (Å²) in [5.41, 5.74) is 11.6. The molecule has 0 radical (unpaired) electrons. The molecule has 1 aliphatic rings. The number of fused-ring (bicyclic) bond motifs is 9. The molecule has 0 saturated carbocycles. The summed E-state index contributed by atoms with van der Waals surface area (Å²) in [6, 6.07) is 45.0. The van der Waals surface area contributed by atoms with E-state index in [4.69, 9.17) is 8.83 Å². The maximum absolute atomic E-state index is 6.64. The third kappa shape index (κ3) is 3.05. The van der Waals surface area contributed by atoms with E-state index in [9.17, 15) is 0 Å². The van der Waals surface area contributed by atoms with Crippen molar-refractivity contribution in [2.24, 2.45) is 0 Å². The van der Waals surface area contributed by atoms with Crippen LogP contribution < -0.4 is 4.90 Å². The zero-order valence-corrected chi connectivity index (χ0v) is 23.4. The molecule has 0 amide bonds. The Kier molecular flexibility index (Phi) is 4.67. The van der Waals surface area contributed by atoms with Crippen LogP contribution >= 0.6 is 0 Å². The van der Waals surface area contributed by atoms with Gasteiger partial charge in [0.2, 0.25) is 0 Å². The van der Waals surface area contributed by atoms with Crippen LogP contribution in [-0.4, -0.2) is 0 Å². The number of benzene rings is 6. The molecule has 1 aliphatic carbocycles. The highest BCUT2D eigenvalue weighted by Crippen LogP contribution is 2.55. The van der Waals surface area contributed by atoms with Crippen LogP contribution in [0.5, 0.6) is 0 Å². The van der Waals surface area contributed by atoms with Crippen molar-refractivity contribution in [1.29, 1.82) is 0 Å². The molecule has 0 saturated heterocycles. The molecule has 0 atom stereocenters. The molecule has 42 heavy (non-hydrogen) atoms. The van der Waals surface area contributed by atoms with Crippen LogP contribution in [-0.2, 0) is 5.41 Å². The van der Waals surface area contributed by atoms with E-state index < -0.39 is 0 Å². The van der Waals surface area contributed by atoms with E-state index in [1.165, 1.54) is 22.3 Å². The molecule has 2 aromatic heterocycles. The summed E-state index contributed by atoms with van der Waals surface area (Å²) in [7, 11) is 0. The number of hydrogen-bond donors (Lipinski definition) is 0. The highest BCUT2D eigenvalue weighted by molar-refractivity contribution is 6.14. The molecule has 200 valence electrons. The fourth-order valence-electron chi connectivity index (χ4n) is 7.13. The van der Waals surface area contributed by atoms with Crippen LogP contribution in [0.3, 0.4) is 0 Å². The van der Waals surface area contributed by atoms with Crippen LogP contribution in [0.25, 0.3) is 55.0 Å². The van der Waals surface area contributed by atoms with Crippen LogP contribution in [0.2, 0.25) is 0 Å². The number of rotatable bonds is 3. The van der Waals surface area contributed by atoms with Gasteiger partial charge in [0.1, 0.15) is 11.2 Å². The lowest BCUT2D eigenvalue weighted by Crippen LogP contribution is -2.16. The smallest absolute Gasteiger partial charge is 0.159 e. The van der Waals surface area contributed by atoms with Crippen molar-refractivity contribution in [3.05, 3.63) is 139 Å². The van der Waals surface area contributed by atoms with Gasteiger partial charge in [0.25, 0.3) is 0 Å². The molecule has 3 nitrogen and oxygen atoms in total. The SMILES string of the molecule is CC1(C)c2ccccc2-c2c(N(c3cccc4c3oc3ccccc34)c3cccc4c3oc3ccccc34)cccc21. The Bertz CT molecular complexity index is 2240. The predicted molar refractivity (Wildman–Crippen MR) is 173 cm³/mol. The average molecular weight is 542 g/mol. The van der Waals surface area contributed by atoms with E-state index in [1.54, 1.807) is 0 Å². The van der Waals surface area contributed by atoms with Gasteiger partial charge in [0.05, 0.1) is 17.1 Å². The molecular weight excluding hydrogens is 514 g/mol. The number of furan rings is 2. The molecule has 0 fully saturated rings. The zero-order valence-electron chi connectivity index (χ0n) is 23.4. The first-order valence-electron chi connectivity index (χ1n) is 14.5. The molecular formula is C39H27NO2. The van der Waals surface area contributed by atoms with Gasteiger partial charge in [0, 0.05) is 32.5 Å². The van der Waals surface area contributed by atoms with Gasteiger partial charge in [-0.2, -0.15) is 0 Å². The molecule has 6 aromatic carbocycles. The first kappa shape index (κ1) is 23.4. The van der Waals surface area contributed by atoms with Gasteiger partial charge in [-0.25, -0.2) is 0 Å². The fourth-order valence-corrected chi connectivity index (χ4v) is 7.13. The molecule has 8 aromatic rings. The normalized spacial score (nSPS) is 13.7. The van der Waals surface area contributed by atoms with Crippen LogP contribution in [0.1, 0.15) is 25.0 Å². The zero-order chi connectivity index (χ0) is 28.0. The second-order valence-corrected chi connectivity index (χ2v) is 11.7. The van der Waals surface area contributed by atoms with Gasteiger partial charge < -0.3 is 13.7 Å². The largest absolute Gasteiger partial charge is 0.454 e. The first-order chi connectivity index (χ1) is 20.6. The minimum atomic E-state index is -0.121. The molecule has 0 bridgehead atoms. The van der Waals surface area contributed by atoms with E-state index in [-0.39, 0.29) is 5.41 Å². The minimum absolute atomic E-state index is 0.121. The summed E-state index contributed by atoms with van der Waals surface area (Å²) in [5.74, 6) is 0. The summed E-state index contributed by atoms with van der Waals surface area (Å²) in [4.78, 5) is 2.35. The average Bonchev–Trinajstić information content (AvgIpc) is 3.67. The van der Waals surface area contributed by atoms with Gasteiger partial charge in [0.15, 0.2) is 11.2 Å². The van der Waals surface area contributed by atoms with Gasteiger partial charge in [-0.05, 0) is 47.0 Å². The third-order valence-corrected chi connectivity index (χ3v) is 9.08. The molecule has 0 aliphatic heterocycles. The Morgan fingerprint density at radius 3 is 1.57 bits per heavy atom. The predicted octanol–water partition coefficient (Wildman–Crippen LogP) is 11.3. The Hall–Kier alpha value is -5.28. The number of para-hydroxylation sites is 4. The van der Waals surface area contributed by atoms with Crippen LogP contribution in [0.15, 0.2) is 136 Å². The highest BCUT2D eigenvalue weighted by Gasteiger charge is 2.38. The number of hydrogen-bond acceptors (Lipinski definition) is 3. The van der Waals surface area contributed by atoms with E-state index >= 15 is 0 Å². The van der Waals surface area contributed by atoms with E-state index in [0.717, 1.165) is 60.9 Å². The van der Waals surface area contributed by atoms with Crippen molar-refractivity contribution < 1.29 is 8.83 Å². The first-order valence-corrected chi connectivity index (χ1v) is 14.5.